The number of morpholine rings is 1. The number of aryl methyl sites for hydroxylation is 1. The second kappa shape index (κ2) is 4.28. The number of Topliss-reactive ketones (excluding diaryl/α,β-unsaturated/α-hetero) is 1. The number of ketones is 1. The van der Waals surface area contributed by atoms with E-state index in [1.165, 1.54) is 0 Å². The summed E-state index contributed by atoms with van der Waals surface area (Å²) in [5.74, 6) is 0.0424. The van der Waals surface area contributed by atoms with Crippen molar-refractivity contribution in [3.05, 3.63) is 10.7 Å². The van der Waals surface area contributed by atoms with Crippen molar-refractivity contribution in [3.63, 3.8) is 0 Å². The highest BCUT2D eigenvalue weighted by atomic mass is 32.1. The standard InChI is InChI=1S/C10H14N2O2S/c1-7(13)9-10(15-8(2)11-9)12-3-5-14-6-4-12/h3-6H2,1-2H3. The van der Waals surface area contributed by atoms with Crippen molar-refractivity contribution >= 4 is 22.1 Å². The molecule has 0 saturated carbocycles. The highest BCUT2D eigenvalue weighted by Gasteiger charge is 2.20. The average molecular weight is 226 g/mol. The zero-order chi connectivity index (χ0) is 10.8. The summed E-state index contributed by atoms with van der Waals surface area (Å²) in [5, 5.41) is 1.95. The predicted molar refractivity (Wildman–Crippen MR) is 59.9 cm³/mol. The van der Waals surface area contributed by atoms with Gasteiger partial charge in [-0.3, -0.25) is 4.79 Å². The normalized spacial score (nSPS) is 16.8. The molecule has 1 saturated heterocycles. The van der Waals surface area contributed by atoms with Crippen molar-refractivity contribution in [1.82, 2.24) is 4.98 Å². The van der Waals surface area contributed by atoms with Gasteiger partial charge in [0.05, 0.1) is 18.2 Å². The summed E-state index contributed by atoms with van der Waals surface area (Å²) >= 11 is 1.59. The van der Waals surface area contributed by atoms with Gasteiger partial charge in [-0.15, -0.1) is 11.3 Å². The Balaban J connectivity index is 2.28. The molecule has 1 aliphatic heterocycles. The Kier molecular flexibility index (Phi) is 3.02. The van der Waals surface area contributed by atoms with E-state index < -0.39 is 0 Å². The average Bonchev–Trinajstić information content (AvgIpc) is 2.62. The molecular weight excluding hydrogens is 212 g/mol. The van der Waals surface area contributed by atoms with E-state index in [0.29, 0.717) is 5.69 Å². The lowest BCUT2D eigenvalue weighted by molar-refractivity contribution is 0.101. The van der Waals surface area contributed by atoms with Crippen LogP contribution in [0.25, 0.3) is 0 Å². The Bertz CT molecular complexity index is 369. The van der Waals surface area contributed by atoms with Crippen LogP contribution in [-0.4, -0.2) is 37.1 Å². The first-order chi connectivity index (χ1) is 7.18. The maximum Gasteiger partial charge on any atom is 0.181 e. The van der Waals surface area contributed by atoms with Crippen LogP contribution in [0.1, 0.15) is 22.4 Å². The van der Waals surface area contributed by atoms with Crippen molar-refractivity contribution < 1.29 is 9.53 Å². The second-order valence-corrected chi connectivity index (χ2v) is 4.72. The van der Waals surface area contributed by atoms with Crippen molar-refractivity contribution in [2.75, 3.05) is 31.2 Å². The van der Waals surface area contributed by atoms with Gasteiger partial charge in [-0.05, 0) is 6.92 Å². The third kappa shape index (κ3) is 2.18. The van der Waals surface area contributed by atoms with Crippen LogP contribution in [0.5, 0.6) is 0 Å². The highest BCUT2D eigenvalue weighted by molar-refractivity contribution is 7.16. The van der Waals surface area contributed by atoms with Gasteiger partial charge in [-0.25, -0.2) is 4.98 Å². The lowest BCUT2D eigenvalue weighted by Crippen LogP contribution is -2.36. The fourth-order valence-corrected chi connectivity index (χ4v) is 2.64. The monoisotopic (exact) mass is 226 g/mol. The van der Waals surface area contributed by atoms with Gasteiger partial charge >= 0.3 is 0 Å². The number of ether oxygens (including phenoxy) is 1. The number of carbonyl (C=O) groups excluding carboxylic acids is 1. The van der Waals surface area contributed by atoms with Gasteiger partial charge in [0.1, 0.15) is 10.7 Å². The smallest absolute Gasteiger partial charge is 0.181 e. The largest absolute Gasteiger partial charge is 0.378 e. The molecule has 0 amide bonds. The minimum absolute atomic E-state index is 0.0424. The summed E-state index contributed by atoms with van der Waals surface area (Å²) in [6, 6.07) is 0. The second-order valence-electron chi connectivity index (χ2n) is 3.54. The van der Waals surface area contributed by atoms with Gasteiger partial charge in [0, 0.05) is 20.0 Å². The molecule has 1 aromatic heterocycles. The van der Waals surface area contributed by atoms with Crippen LogP contribution in [0.15, 0.2) is 0 Å². The van der Waals surface area contributed by atoms with Crippen LogP contribution < -0.4 is 4.90 Å². The quantitative estimate of drug-likeness (QED) is 0.717. The summed E-state index contributed by atoms with van der Waals surface area (Å²) in [6.07, 6.45) is 0. The van der Waals surface area contributed by atoms with E-state index in [9.17, 15) is 4.79 Å². The van der Waals surface area contributed by atoms with Gasteiger partial charge in [0.15, 0.2) is 5.78 Å². The van der Waals surface area contributed by atoms with Gasteiger partial charge in [0.25, 0.3) is 0 Å². The Labute approximate surface area is 92.9 Å². The highest BCUT2D eigenvalue weighted by Crippen LogP contribution is 2.29. The minimum atomic E-state index is 0.0424. The van der Waals surface area contributed by atoms with Crippen LogP contribution in [0, 0.1) is 6.92 Å². The molecule has 82 valence electrons. The summed E-state index contributed by atoms with van der Waals surface area (Å²) < 4.78 is 5.29. The summed E-state index contributed by atoms with van der Waals surface area (Å²) in [7, 11) is 0. The van der Waals surface area contributed by atoms with Gasteiger partial charge < -0.3 is 9.64 Å². The minimum Gasteiger partial charge on any atom is -0.378 e. The molecule has 0 aromatic carbocycles. The number of nitrogens with zero attached hydrogens (tertiary/aromatic N) is 2. The number of anilines is 1. The molecule has 0 unspecified atom stereocenters. The van der Waals surface area contributed by atoms with Crippen molar-refractivity contribution in [2.45, 2.75) is 13.8 Å². The fraction of sp³-hybridized carbons (Fsp3) is 0.600. The SMILES string of the molecule is CC(=O)c1nc(C)sc1N1CCOCC1. The third-order valence-corrected chi connectivity index (χ3v) is 3.38. The Morgan fingerprint density at radius 2 is 2.13 bits per heavy atom. The van der Waals surface area contributed by atoms with E-state index in [0.717, 1.165) is 36.3 Å². The van der Waals surface area contributed by atoms with E-state index in [1.54, 1.807) is 18.3 Å². The molecule has 4 nitrogen and oxygen atoms in total. The molecule has 1 aliphatic rings. The molecule has 0 N–H and O–H groups in total. The lowest BCUT2D eigenvalue weighted by atomic mass is 10.3. The van der Waals surface area contributed by atoms with Crippen LogP contribution in [0.3, 0.4) is 0 Å². The van der Waals surface area contributed by atoms with E-state index in [-0.39, 0.29) is 5.78 Å². The molecule has 0 bridgehead atoms. The lowest BCUT2D eigenvalue weighted by Gasteiger charge is -2.27. The first-order valence-electron chi connectivity index (χ1n) is 4.99. The van der Waals surface area contributed by atoms with E-state index in [1.807, 2.05) is 6.92 Å². The molecule has 0 radical (unpaired) electrons. The topological polar surface area (TPSA) is 42.4 Å². The molecule has 0 atom stereocenters. The third-order valence-electron chi connectivity index (χ3n) is 2.35. The number of thiazole rings is 1. The van der Waals surface area contributed by atoms with Crippen LogP contribution in [-0.2, 0) is 4.74 Å². The van der Waals surface area contributed by atoms with Gasteiger partial charge in [0.2, 0.25) is 0 Å². The number of hydrogen-bond donors (Lipinski definition) is 0. The van der Waals surface area contributed by atoms with Crippen molar-refractivity contribution in [3.8, 4) is 0 Å². The summed E-state index contributed by atoms with van der Waals surface area (Å²) in [6.45, 7) is 6.66. The van der Waals surface area contributed by atoms with Crippen LogP contribution in [0.4, 0.5) is 5.00 Å². The molecule has 1 fully saturated rings. The molecule has 1 aromatic rings. The molecule has 2 rings (SSSR count). The van der Waals surface area contributed by atoms with E-state index in [4.69, 9.17) is 4.74 Å². The Morgan fingerprint density at radius 1 is 1.47 bits per heavy atom. The van der Waals surface area contributed by atoms with Crippen LogP contribution in [0.2, 0.25) is 0 Å². The number of hydrogen-bond acceptors (Lipinski definition) is 5. The Hall–Kier alpha value is -0.940. The molecule has 2 heterocycles. The van der Waals surface area contributed by atoms with Gasteiger partial charge in [-0.1, -0.05) is 0 Å². The summed E-state index contributed by atoms with van der Waals surface area (Å²) in [5.41, 5.74) is 0.611. The maximum absolute atomic E-state index is 11.4. The molecular formula is C10H14N2O2S. The Morgan fingerprint density at radius 3 is 2.73 bits per heavy atom. The van der Waals surface area contributed by atoms with Crippen molar-refractivity contribution in [2.24, 2.45) is 0 Å². The maximum atomic E-state index is 11.4. The fourth-order valence-electron chi connectivity index (χ4n) is 1.63. The molecule has 15 heavy (non-hydrogen) atoms. The molecule has 0 spiro atoms. The molecule has 0 aliphatic carbocycles. The van der Waals surface area contributed by atoms with Crippen LogP contribution >= 0.6 is 11.3 Å². The van der Waals surface area contributed by atoms with Gasteiger partial charge in [-0.2, -0.15) is 0 Å². The molecule has 5 heteroatoms. The van der Waals surface area contributed by atoms with Crippen molar-refractivity contribution in [1.29, 1.82) is 0 Å². The first kappa shape index (κ1) is 10.6. The number of carbonyl (C=O) groups is 1. The number of aromatic nitrogens is 1. The first-order valence-corrected chi connectivity index (χ1v) is 5.81. The van der Waals surface area contributed by atoms with E-state index >= 15 is 0 Å². The zero-order valence-electron chi connectivity index (χ0n) is 8.95. The summed E-state index contributed by atoms with van der Waals surface area (Å²) in [4.78, 5) is 17.9. The van der Waals surface area contributed by atoms with E-state index in [2.05, 4.69) is 9.88 Å². The predicted octanol–water partition coefficient (Wildman–Crippen LogP) is 1.49. The number of rotatable bonds is 2. The zero-order valence-corrected chi connectivity index (χ0v) is 9.76.